The van der Waals surface area contributed by atoms with Crippen molar-refractivity contribution >= 4 is 11.6 Å². The zero-order valence-electron chi connectivity index (χ0n) is 13.4. The molecule has 1 amide bonds. The fourth-order valence-electron chi connectivity index (χ4n) is 2.28. The number of rotatable bonds is 4. The molecule has 1 unspecified atom stereocenters. The summed E-state index contributed by atoms with van der Waals surface area (Å²) in [6, 6.07) is 11.4. The Bertz CT molecular complexity index is 915. The Morgan fingerprint density at radius 2 is 1.96 bits per heavy atom. The summed E-state index contributed by atoms with van der Waals surface area (Å²) in [6.07, 6.45) is 3.33. The van der Waals surface area contributed by atoms with Gasteiger partial charge >= 0.3 is 0 Å². The number of benzene rings is 1. The highest BCUT2D eigenvalue weighted by molar-refractivity contribution is 5.94. The molecule has 0 saturated carbocycles. The molecule has 3 rings (SSSR count). The van der Waals surface area contributed by atoms with Crippen molar-refractivity contribution in [2.75, 3.05) is 5.32 Å². The zero-order valence-corrected chi connectivity index (χ0v) is 13.4. The third kappa shape index (κ3) is 3.10. The Hall–Kier alpha value is -3.22. The van der Waals surface area contributed by atoms with Gasteiger partial charge in [-0.15, -0.1) is 5.10 Å². The van der Waals surface area contributed by atoms with Gasteiger partial charge in [-0.3, -0.25) is 9.59 Å². The van der Waals surface area contributed by atoms with Crippen LogP contribution in [0.4, 0.5) is 5.69 Å². The smallest absolute Gasteiger partial charge is 0.267 e. The van der Waals surface area contributed by atoms with Crippen LogP contribution in [0.5, 0.6) is 0 Å². The van der Waals surface area contributed by atoms with Crippen molar-refractivity contribution in [2.45, 2.75) is 19.9 Å². The van der Waals surface area contributed by atoms with E-state index in [-0.39, 0.29) is 11.5 Å². The number of aromatic nitrogens is 4. The maximum Gasteiger partial charge on any atom is 0.267 e. The number of aryl methyl sites for hydroxylation is 1. The Morgan fingerprint density at radius 1 is 1.17 bits per heavy atom. The number of hydrogen-bond acceptors (Lipinski definition) is 4. The minimum absolute atomic E-state index is 0.309. The second-order valence-corrected chi connectivity index (χ2v) is 5.41. The predicted molar refractivity (Wildman–Crippen MR) is 90.1 cm³/mol. The topological polar surface area (TPSA) is 81.8 Å². The first kappa shape index (κ1) is 15.7. The second kappa shape index (κ2) is 6.49. The molecule has 0 saturated heterocycles. The van der Waals surface area contributed by atoms with E-state index in [1.807, 2.05) is 31.2 Å². The summed E-state index contributed by atoms with van der Waals surface area (Å²) in [5.74, 6) is 0.159. The highest BCUT2D eigenvalue weighted by Gasteiger charge is 2.18. The quantitative estimate of drug-likeness (QED) is 0.795. The Morgan fingerprint density at radius 3 is 2.67 bits per heavy atom. The van der Waals surface area contributed by atoms with Crippen LogP contribution in [0.25, 0.3) is 5.82 Å². The molecule has 24 heavy (non-hydrogen) atoms. The molecule has 0 bridgehead atoms. The molecule has 1 aromatic carbocycles. The molecule has 122 valence electrons. The lowest BCUT2D eigenvalue weighted by Crippen LogP contribution is -2.33. The number of para-hydroxylation sites is 1. The first-order chi connectivity index (χ1) is 11.6. The summed E-state index contributed by atoms with van der Waals surface area (Å²) in [5.41, 5.74) is 1.31. The van der Waals surface area contributed by atoms with Gasteiger partial charge in [-0.1, -0.05) is 18.2 Å². The van der Waals surface area contributed by atoms with Crippen LogP contribution < -0.4 is 10.9 Å². The van der Waals surface area contributed by atoms with Crippen LogP contribution in [-0.2, 0) is 4.79 Å². The number of nitrogens with zero attached hydrogens (tertiary/aromatic N) is 4. The monoisotopic (exact) mass is 323 g/mol. The molecule has 3 aromatic rings. The van der Waals surface area contributed by atoms with Gasteiger partial charge in [0, 0.05) is 24.1 Å². The van der Waals surface area contributed by atoms with Gasteiger partial charge in [-0.05, 0) is 37.6 Å². The highest BCUT2D eigenvalue weighted by atomic mass is 16.2. The summed E-state index contributed by atoms with van der Waals surface area (Å²) in [6.45, 7) is 3.54. The van der Waals surface area contributed by atoms with Crippen LogP contribution in [-0.4, -0.2) is 25.5 Å². The third-order valence-electron chi connectivity index (χ3n) is 3.70. The van der Waals surface area contributed by atoms with Crippen LogP contribution in [0.1, 0.15) is 18.5 Å². The van der Waals surface area contributed by atoms with E-state index < -0.39 is 6.04 Å². The van der Waals surface area contributed by atoms with E-state index >= 15 is 0 Å². The molecule has 7 nitrogen and oxygen atoms in total. The van der Waals surface area contributed by atoms with E-state index in [4.69, 9.17) is 0 Å². The number of carbonyl (C=O) groups is 1. The summed E-state index contributed by atoms with van der Waals surface area (Å²) in [5, 5.41) is 11.2. The number of amides is 1. The molecular formula is C17H17N5O2. The molecule has 0 fully saturated rings. The summed E-state index contributed by atoms with van der Waals surface area (Å²) in [4.78, 5) is 24.6. The van der Waals surface area contributed by atoms with E-state index in [1.54, 1.807) is 31.5 Å². The van der Waals surface area contributed by atoms with Crippen molar-refractivity contribution in [3.63, 3.8) is 0 Å². The van der Waals surface area contributed by atoms with Gasteiger partial charge in [0.15, 0.2) is 5.82 Å². The Kier molecular flexibility index (Phi) is 4.24. The number of nitrogens with one attached hydrogen (secondary N) is 1. The van der Waals surface area contributed by atoms with Gasteiger partial charge in [0.1, 0.15) is 6.04 Å². The summed E-state index contributed by atoms with van der Waals surface area (Å²) in [7, 11) is 0. The normalized spacial score (nSPS) is 11.9. The molecule has 2 heterocycles. The third-order valence-corrected chi connectivity index (χ3v) is 3.70. The van der Waals surface area contributed by atoms with Gasteiger partial charge in [-0.25, -0.2) is 9.36 Å². The molecule has 0 aliphatic carbocycles. The molecular weight excluding hydrogens is 306 g/mol. The Balaban J connectivity index is 1.88. The summed E-state index contributed by atoms with van der Waals surface area (Å²) >= 11 is 0. The van der Waals surface area contributed by atoms with Gasteiger partial charge in [0.25, 0.3) is 5.56 Å². The maximum atomic E-state index is 12.5. The van der Waals surface area contributed by atoms with Crippen molar-refractivity contribution in [1.82, 2.24) is 19.6 Å². The zero-order chi connectivity index (χ0) is 17.1. The van der Waals surface area contributed by atoms with Gasteiger partial charge < -0.3 is 5.32 Å². The van der Waals surface area contributed by atoms with Crippen LogP contribution >= 0.6 is 0 Å². The summed E-state index contributed by atoms with van der Waals surface area (Å²) < 4.78 is 2.69. The standard InChI is InChI=1S/C17H17N5O2/c1-12-6-3-4-7-14(12)19-17(24)13(2)22-16(23)9-8-15(20-22)21-11-5-10-18-21/h3-11,13H,1-2H3,(H,19,24). The van der Waals surface area contributed by atoms with E-state index in [1.165, 1.54) is 10.7 Å². The number of carbonyl (C=O) groups excluding carboxylic acids is 1. The molecule has 7 heteroatoms. The fraction of sp³-hybridized carbons (Fsp3) is 0.176. The first-order valence-electron chi connectivity index (χ1n) is 7.52. The van der Waals surface area contributed by atoms with Crippen molar-refractivity contribution in [3.8, 4) is 5.82 Å². The lowest BCUT2D eigenvalue weighted by molar-refractivity contribution is -0.119. The van der Waals surface area contributed by atoms with Crippen LogP contribution in [0.2, 0.25) is 0 Å². The lowest BCUT2D eigenvalue weighted by atomic mass is 10.2. The van der Waals surface area contributed by atoms with Gasteiger partial charge in [0.05, 0.1) is 0 Å². The molecule has 1 N–H and O–H groups in total. The van der Waals surface area contributed by atoms with Crippen molar-refractivity contribution in [1.29, 1.82) is 0 Å². The van der Waals surface area contributed by atoms with Crippen LogP contribution in [0, 0.1) is 6.92 Å². The second-order valence-electron chi connectivity index (χ2n) is 5.41. The van der Waals surface area contributed by atoms with Gasteiger partial charge in [-0.2, -0.15) is 5.10 Å². The molecule has 1 atom stereocenters. The van der Waals surface area contributed by atoms with E-state index in [9.17, 15) is 9.59 Å². The minimum atomic E-state index is -0.757. The van der Waals surface area contributed by atoms with Crippen molar-refractivity contribution in [2.24, 2.45) is 0 Å². The largest absolute Gasteiger partial charge is 0.324 e. The average molecular weight is 323 g/mol. The molecule has 2 aromatic heterocycles. The van der Waals surface area contributed by atoms with E-state index in [0.717, 1.165) is 10.2 Å². The molecule has 0 aliphatic heterocycles. The Labute approximate surface area is 138 Å². The molecule has 0 aliphatic rings. The van der Waals surface area contributed by atoms with Crippen LogP contribution in [0.3, 0.4) is 0 Å². The molecule has 0 radical (unpaired) electrons. The fourth-order valence-corrected chi connectivity index (χ4v) is 2.28. The maximum absolute atomic E-state index is 12.5. The van der Waals surface area contributed by atoms with Crippen molar-refractivity contribution in [3.05, 3.63) is 70.8 Å². The number of hydrogen-bond donors (Lipinski definition) is 1. The van der Waals surface area contributed by atoms with Crippen LogP contribution in [0.15, 0.2) is 59.7 Å². The molecule has 0 spiro atoms. The SMILES string of the molecule is Cc1ccccc1NC(=O)C(C)n1nc(-n2cccn2)ccc1=O. The highest BCUT2D eigenvalue weighted by Crippen LogP contribution is 2.15. The van der Waals surface area contributed by atoms with E-state index in [2.05, 4.69) is 15.5 Å². The first-order valence-corrected chi connectivity index (χ1v) is 7.52. The van der Waals surface area contributed by atoms with E-state index in [0.29, 0.717) is 11.5 Å². The lowest BCUT2D eigenvalue weighted by Gasteiger charge is -2.15. The average Bonchev–Trinajstić information content (AvgIpc) is 3.11. The predicted octanol–water partition coefficient (Wildman–Crippen LogP) is 1.94. The number of anilines is 1. The minimum Gasteiger partial charge on any atom is -0.324 e. The van der Waals surface area contributed by atoms with Gasteiger partial charge in [0.2, 0.25) is 5.91 Å². The van der Waals surface area contributed by atoms with Crippen molar-refractivity contribution < 1.29 is 4.79 Å².